The van der Waals surface area contributed by atoms with Crippen molar-refractivity contribution in [1.82, 2.24) is 0 Å². The van der Waals surface area contributed by atoms with Crippen LogP contribution in [0.1, 0.15) is 75.9 Å². The van der Waals surface area contributed by atoms with Gasteiger partial charge in [-0.05, 0) is 93.3 Å². The van der Waals surface area contributed by atoms with Crippen molar-refractivity contribution in [3.8, 4) is 0 Å². The molecule has 6 rings (SSSR count). The molecule has 0 fully saturated rings. The summed E-state index contributed by atoms with van der Waals surface area (Å²) in [5.41, 5.74) is 4.39. The molecule has 42 heavy (non-hydrogen) atoms. The van der Waals surface area contributed by atoms with Gasteiger partial charge in [-0.25, -0.2) is 0 Å². The van der Waals surface area contributed by atoms with Crippen LogP contribution in [0.2, 0.25) is 0 Å². The summed E-state index contributed by atoms with van der Waals surface area (Å²) in [4.78, 5) is 38.1. The van der Waals surface area contributed by atoms with Crippen LogP contribution in [0, 0.1) is 5.41 Å². The summed E-state index contributed by atoms with van der Waals surface area (Å²) < 4.78 is 0. The van der Waals surface area contributed by atoms with Gasteiger partial charge < -0.3 is 5.11 Å². The van der Waals surface area contributed by atoms with Crippen LogP contribution in [0.3, 0.4) is 0 Å². The zero-order chi connectivity index (χ0) is 29.4. The van der Waals surface area contributed by atoms with E-state index in [-0.39, 0.29) is 22.6 Å². The highest BCUT2D eigenvalue weighted by Gasteiger charge is 2.33. The summed E-state index contributed by atoms with van der Waals surface area (Å²) in [6.07, 6.45) is 11.7. The second-order valence-corrected chi connectivity index (χ2v) is 12.1. The van der Waals surface area contributed by atoms with Crippen molar-refractivity contribution in [3.63, 3.8) is 0 Å². The minimum atomic E-state index is -0.805. The number of hydrogen-bond acceptors (Lipinski definition) is 4. The number of Topliss-reactive ketones (excluding diaryl/α,β-unsaturated/α-hetero) is 2. The molecule has 2 aliphatic carbocycles. The van der Waals surface area contributed by atoms with Crippen molar-refractivity contribution in [2.45, 2.75) is 39.2 Å². The van der Waals surface area contributed by atoms with Crippen LogP contribution in [0.15, 0.2) is 120 Å². The third-order valence-corrected chi connectivity index (χ3v) is 8.19. The summed E-state index contributed by atoms with van der Waals surface area (Å²) in [6, 6.07) is 22.9. The first-order valence-corrected chi connectivity index (χ1v) is 14.3. The number of carbonyl (C=O) groups is 3. The smallest absolute Gasteiger partial charge is 0.197 e. The lowest BCUT2D eigenvalue weighted by atomic mass is 9.75. The highest BCUT2D eigenvalue weighted by atomic mass is 16.3. The highest BCUT2D eigenvalue weighted by molar-refractivity contribution is 6.40. The molecule has 1 N–H and O–H groups in total. The normalized spacial score (nSPS) is 18.1. The van der Waals surface area contributed by atoms with Gasteiger partial charge in [0.25, 0.3) is 0 Å². The monoisotopic (exact) mass is 552 g/mol. The van der Waals surface area contributed by atoms with Crippen molar-refractivity contribution in [2.24, 2.45) is 5.41 Å². The zero-order valence-corrected chi connectivity index (χ0v) is 23.8. The molecule has 4 aromatic carbocycles. The molecule has 0 spiro atoms. The minimum Gasteiger partial charge on any atom is -0.388 e. The van der Waals surface area contributed by atoms with E-state index in [4.69, 9.17) is 0 Å². The third-order valence-electron chi connectivity index (χ3n) is 8.19. The van der Waals surface area contributed by atoms with Crippen LogP contribution >= 0.6 is 0 Å². The Morgan fingerprint density at radius 2 is 1.38 bits per heavy atom. The second kappa shape index (κ2) is 11.0. The quantitative estimate of drug-likeness (QED) is 0.148. The van der Waals surface area contributed by atoms with Gasteiger partial charge in [0.1, 0.15) is 6.29 Å². The van der Waals surface area contributed by atoms with E-state index in [9.17, 15) is 19.5 Å². The van der Waals surface area contributed by atoms with E-state index in [0.717, 1.165) is 51.8 Å². The third kappa shape index (κ3) is 5.34. The number of aliphatic hydroxyl groups excluding tert-OH is 1. The number of benzene rings is 4. The van der Waals surface area contributed by atoms with Crippen molar-refractivity contribution >= 4 is 39.4 Å². The molecule has 4 heteroatoms. The largest absolute Gasteiger partial charge is 0.388 e. The van der Waals surface area contributed by atoms with Crippen molar-refractivity contribution < 1.29 is 19.5 Å². The predicted octanol–water partition coefficient (Wildman–Crippen LogP) is 8.46. The molecule has 0 aliphatic heterocycles. The standard InChI is InChI=1S/C38H32O4/c1-38(2)21-24(8-7-13-35(40)32-18-27-10-4-3-9-26(27)17-30(32)23-39)16-25(22-38)14-15-31-36(41)33-19-28-11-5-6-12-29(28)20-34(33)37(31)42/h3-12,14-20,23,35,40H,13,21-22H2,1-2H3/b8-7+,25-14-. The van der Waals surface area contributed by atoms with E-state index in [2.05, 4.69) is 19.9 Å². The molecule has 208 valence electrons. The number of hydrogen-bond donors (Lipinski definition) is 1. The zero-order valence-electron chi connectivity index (χ0n) is 23.8. The molecule has 0 saturated heterocycles. The molecule has 4 nitrogen and oxygen atoms in total. The van der Waals surface area contributed by atoms with E-state index in [0.29, 0.717) is 28.7 Å². The first-order valence-electron chi connectivity index (χ1n) is 14.3. The summed E-state index contributed by atoms with van der Waals surface area (Å²) in [5, 5.41) is 14.8. The van der Waals surface area contributed by atoms with Gasteiger partial charge in [0.05, 0.1) is 11.7 Å². The fraction of sp³-hybridized carbons (Fsp3) is 0.184. The molecule has 0 amide bonds. The molecule has 0 saturated carbocycles. The molecule has 0 heterocycles. The fourth-order valence-electron chi connectivity index (χ4n) is 6.21. The van der Waals surface area contributed by atoms with E-state index >= 15 is 0 Å². The minimum absolute atomic E-state index is 0.00913. The summed E-state index contributed by atoms with van der Waals surface area (Å²) >= 11 is 0. The van der Waals surface area contributed by atoms with Gasteiger partial charge in [0.15, 0.2) is 11.6 Å². The van der Waals surface area contributed by atoms with Gasteiger partial charge in [0, 0.05) is 16.7 Å². The number of aldehydes is 1. The lowest BCUT2D eigenvalue weighted by Gasteiger charge is -2.30. The molecule has 0 aromatic heterocycles. The SMILES string of the molecule is CC1(C)CC(/C=C/CC(O)c2cc3ccccc3cc2C=O)=CC(=C/C=C2C(=O)c3cc4ccccc4cc3C2=O)/C1. The van der Waals surface area contributed by atoms with Gasteiger partial charge in [-0.2, -0.15) is 0 Å². The Morgan fingerprint density at radius 3 is 1.98 bits per heavy atom. The maximum atomic E-state index is 13.2. The average molecular weight is 553 g/mol. The van der Waals surface area contributed by atoms with E-state index in [1.807, 2.05) is 91.0 Å². The molecule has 2 aliphatic rings. The van der Waals surface area contributed by atoms with E-state index < -0.39 is 6.10 Å². The first-order chi connectivity index (χ1) is 20.2. The van der Waals surface area contributed by atoms with Crippen LogP contribution in [0.5, 0.6) is 0 Å². The molecule has 1 unspecified atom stereocenters. The Bertz CT molecular complexity index is 1840. The number of aliphatic hydroxyl groups is 1. The Labute approximate surface area is 245 Å². The number of ketones is 2. The number of allylic oxidation sites excluding steroid dienone is 7. The average Bonchev–Trinajstić information content (AvgIpc) is 3.21. The Morgan fingerprint density at radius 1 is 0.810 bits per heavy atom. The van der Waals surface area contributed by atoms with Gasteiger partial charge in [0.2, 0.25) is 0 Å². The number of fused-ring (bicyclic) bond motifs is 3. The summed E-state index contributed by atoms with van der Waals surface area (Å²) in [7, 11) is 0. The molecule has 0 bridgehead atoms. The number of carbonyl (C=O) groups excluding carboxylic acids is 3. The topological polar surface area (TPSA) is 71.4 Å². The molecule has 0 radical (unpaired) electrons. The first kappa shape index (κ1) is 27.5. The maximum Gasteiger partial charge on any atom is 0.197 e. The van der Waals surface area contributed by atoms with Crippen LogP contribution in [0.25, 0.3) is 21.5 Å². The molecular weight excluding hydrogens is 520 g/mol. The van der Waals surface area contributed by atoms with Crippen LogP contribution in [-0.2, 0) is 0 Å². The highest BCUT2D eigenvalue weighted by Crippen LogP contribution is 2.39. The van der Waals surface area contributed by atoms with Crippen LogP contribution in [0.4, 0.5) is 0 Å². The molecular formula is C38H32O4. The Balaban J connectivity index is 1.23. The molecule has 1 atom stereocenters. The predicted molar refractivity (Wildman–Crippen MR) is 168 cm³/mol. The summed E-state index contributed by atoms with van der Waals surface area (Å²) in [5.74, 6) is -0.455. The fourth-order valence-corrected chi connectivity index (χ4v) is 6.21. The van der Waals surface area contributed by atoms with Crippen molar-refractivity contribution in [2.75, 3.05) is 0 Å². The van der Waals surface area contributed by atoms with E-state index in [1.165, 1.54) is 0 Å². The lowest BCUT2D eigenvalue weighted by Crippen LogP contribution is -2.16. The van der Waals surface area contributed by atoms with Gasteiger partial charge in [-0.3, -0.25) is 14.4 Å². The van der Waals surface area contributed by atoms with Gasteiger partial charge in [-0.15, -0.1) is 0 Å². The maximum absolute atomic E-state index is 13.2. The van der Waals surface area contributed by atoms with Crippen LogP contribution < -0.4 is 0 Å². The lowest BCUT2D eigenvalue weighted by molar-refractivity contribution is 0.0988. The summed E-state index contributed by atoms with van der Waals surface area (Å²) in [6.45, 7) is 4.39. The van der Waals surface area contributed by atoms with Crippen LogP contribution in [-0.4, -0.2) is 23.0 Å². The van der Waals surface area contributed by atoms with Gasteiger partial charge in [-0.1, -0.05) is 86.7 Å². The van der Waals surface area contributed by atoms with E-state index in [1.54, 1.807) is 6.08 Å². The van der Waals surface area contributed by atoms with Crippen molar-refractivity contribution in [1.29, 1.82) is 0 Å². The molecule has 4 aromatic rings. The number of rotatable bonds is 6. The van der Waals surface area contributed by atoms with Crippen molar-refractivity contribution in [3.05, 3.63) is 142 Å². The second-order valence-electron chi connectivity index (χ2n) is 12.1. The Kier molecular flexibility index (Phi) is 7.17. The van der Waals surface area contributed by atoms with Gasteiger partial charge >= 0.3 is 0 Å². The Hall–Kier alpha value is -4.67.